The molecule has 1 aliphatic heterocycles. The van der Waals surface area contributed by atoms with Gasteiger partial charge in [-0.25, -0.2) is 0 Å². The Labute approximate surface area is 96.5 Å². The molecule has 0 aliphatic carbocycles. The molecule has 1 unspecified atom stereocenters. The number of hydrogen-bond acceptors (Lipinski definition) is 3. The smallest absolute Gasteiger partial charge is 0.251 e. The Morgan fingerprint density at radius 1 is 1.69 bits per heavy atom. The largest absolute Gasteiger partial charge is 0.365 e. The summed E-state index contributed by atoms with van der Waals surface area (Å²) >= 11 is 0. The van der Waals surface area contributed by atoms with Gasteiger partial charge in [0.15, 0.2) is 0 Å². The number of nitrogens with zero attached hydrogens (tertiary/aromatic N) is 2. The van der Waals surface area contributed by atoms with E-state index in [9.17, 15) is 4.79 Å². The summed E-state index contributed by atoms with van der Waals surface area (Å²) < 4.78 is 5.29. The third kappa shape index (κ3) is 3.35. The number of hydrogen-bond donors (Lipinski definition) is 0. The minimum atomic E-state index is -0.420. The molecule has 1 aliphatic rings. The summed E-state index contributed by atoms with van der Waals surface area (Å²) in [5.41, 5.74) is 0. The molecule has 1 heterocycles. The maximum absolute atomic E-state index is 11.9. The SMILES string of the molecule is C=CCOC(C)C(=O)N1CCC(C#N)CC1. The topological polar surface area (TPSA) is 53.3 Å². The summed E-state index contributed by atoms with van der Waals surface area (Å²) in [6.45, 7) is 7.01. The maximum atomic E-state index is 11.9. The van der Waals surface area contributed by atoms with Crippen molar-refractivity contribution in [2.45, 2.75) is 25.9 Å². The lowest BCUT2D eigenvalue weighted by atomic mass is 9.98. The number of carbonyl (C=O) groups is 1. The van der Waals surface area contributed by atoms with Crippen LogP contribution in [0.25, 0.3) is 0 Å². The fraction of sp³-hybridized carbons (Fsp3) is 0.667. The first-order valence-electron chi connectivity index (χ1n) is 5.60. The van der Waals surface area contributed by atoms with E-state index in [1.165, 1.54) is 0 Å². The fourth-order valence-corrected chi connectivity index (χ4v) is 1.77. The number of ether oxygens (including phenoxy) is 1. The lowest BCUT2D eigenvalue weighted by Crippen LogP contribution is -2.43. The Morgan fingerprint density at radius 3 is 2.81 bits per heavy atom. The zero-order chi connectivity index (χ0) is 12.0. The number of likely N-dealkylation sites (tertiary alicyclic amines) is 1. The number of nitriles is 1. The second-order valence-electron chi connectivity index (χ2n) is 3.99. The van der Waals surface area contributed by atoms with E-state index in [4.69, 9.17) is 10.00 Å². The van der Waals surface area contributed by atoms with E-state index in [-0.39, 0.29) is 11.8 Å². The molecule has 0 radical (unpaired) electrons. The Hall–Kier alpha value is -1.34. The van der Waals surface area contributed by atoms with Crippen molar-refractivity contribution >= 4 is 5.91 Å². The van der Waals surface area contributed by atoms with Gasteiger partial charge in [0.25, 0.3) is 5.91 Å². The highest BCUT2D eigenvalue weighted by Gasteiger charge is 2.25. The van der Waals surface area contributed by atoms with E-state index < -0.39 is 6.10 Å². The summed E-state index contributed by atoms with van der Waals surface area (Å²) in [4.78, 5) is 13.7. The molecule has 0 aromatic carbocycles. The zero-order valence-corrected chi connectivity index (χ0v) is 9.69. The van der Waals surface area contributed by atoms with Crippen LogP contribution in [0, 0.1) is 17.2 Å². The third-order valence-corrected chi connectivity index (χ3v) is 2.80. The van der Waals surface area contributed by atoms with Crippen molar-refractivity contribution in [1.82, 2.24) is 4.90 Å². The number of rotatable bonds is 4. The van der Waals surface area contributed by atoms with Crippen LogP contribution in [0.1, 0.15) is 19.8 Å². The van der Waals surface area contributed by atoms with Gasteiger partial charge in [0.2, 0.25) is 0 Å². The summed E-state index contributed by atoms with van der Waals surface area (Å²) in [6.07, 6.45) is 2.76. The first-order valence-corrected chi connectivity index (χ1v) is 5.60. The van der Waals surface area contributed by atoms with Gasteiger partial charge < -0.3 is 9.64 Å². The van der Waals surface area contributed by atoms with Crippen LogP contribution in [-0.4, -0.2) is 36.6 Å². The van der Waals surface area contributed by atoms with Gasteiger partial charge in [-0.1, -0.05) is 6.08 Å². The first-order chi connectivity index (χ1) is 7.69. The number of amides is 1. The van der Waals surface area contributed by atoms with Gasteiger partial charge in [-0.3, -0.25) is 4.79 Å². The molecule has 1 saturated heterocycles. The third-order valence-electron chi connectivity index (χ3n) is 2.80. The van der Waals surface area contributed by atoms with Crippen molar-refractivity contribution in [1.29, 1.82) is 5.26 Å². The lowest BCUT2D eigenvalue weighted by molar-refractivity contribution is -0.143. The molecule has 4 nitrogen and oxygen atoms in total. The van der Waals surface area contributed by atoms with Gasteiger partial charge in [-0.05, 0) is 19.8 Å². The molecule has 0 bridgehead atoms. The molecule has 0 aromatic heterocycles. The molecular weight excluding hydrogens is 204 g/mol. The molecule has 0 spiro atoms. The van der Waals surface area contributed by atoms with Gasteiger partial charge in [-0.15, -0.1) is 6.58 Å². The van der Waals surface area contributed by atoms with Gasteiger partial charge in [-0.2, -0.15) is 5.26 Å². The Balaban J connectivity index is 2.38. The quantitative estimate of drug-likeness (QED) is 0.674. The van der Waals surface area contributed by atoms with Crippen molar-refractivity contribution in [3.05, 3.63) is 12.7 Å². The summed E-state index contributed by atoms with van der Waals surface area (Å²) in [5, 5.41) is 8.75. The van der Waals surface area contributed by atoms with Crippen LogP contribution in [0.5, 0.6) is 0 Å². The van der Waals surface area contributed by atoms with Crippen LogP contribution in [0.15, 0.2) is 12.7 Å². The van der Waals surface area contributed by atoms with E-state index in [1.54, 1.807) is 17.9 Å². The molecule has 88 valence electrons. The number of piperidine rings is 1. The Bertz CT molecular complexity index is 288. The maximum Gasteiger partial charge on any atom is 0.251 e. The molecule has 0 N–H and O–H groups in total. The average Bonchev–Trinajstić information content (AvgIpc) is 2.35. The summed E-state index contributed by atoms with van der Waals surface area (Å²) in [6, 6.07) is 2.24. The van der Waals surface area contributed by atoms with Gasteiger partial charge in [0.1, 0.15) is 6.10 Å². The highest BCUT2D eigenvalue weighted by Crippen LogP contribution is 2.17. The summed E-state index contributed by atoms with van der Waals surface area (Å²) in [5.74, 6) is 0.117. The molecule has 1 rings (SSSR count). The molecule has 0 aromatic rings. The molecule has 1 fully saturated rings. The second-order valence-corrected chi connectivity index (χ2v) is 3.99. The zero-order valence-electron chi connectivity index (χ0n) is 9.69. The molecule has 16 heavy (non-hydrogen) atoms. The van der Waals surface area contributed by atoms with Gasteiger partial charge in [0, 0.05) is 19.0 Å². The van der Waals surface area contributed by atoms with Crippen molar-refractivity contribution in [2.75, 3.05) is 19.7 Å². The van der Waals surface area contributed by atoms with E-state index >= 15 is 0 Å². The van der Waals surface area contributed by atoms with Crippen LogP contribution in [-0.2, 0) is 9.53 Å². The predicted molar refractivity (Wildman–Crippen MR) is 60.5 cm³/mol. The van der Waals surface area contributed by atoms with Crippen LogP contribution in [0.2, 0.25) is 0 Å². The molecule has 1 atom stereocenters. The molecule has 1 amide bonds. The van der Waals surface area contributed by atoms with Crippen molar-refractivity contribution in [3.8, 4) is 6.07 Å². The normalized spacial score (nSPS) is 18.9. The fourth-order valence-electron chi connectivity index (χ4n) is 1.77. The highest BCUT2D eigenvalue weighted by atomic mass is 16.5. The average molecular weight is 222 g/mol. The van der Waals surface area contributed by atoms with Crippen LogP contribution < -0.4 is 0 Å². The van der Waals surface area contributed by atoms with Crippen LogP contribution in [0.4, 0.5) is 0 Å². The number of carbonyl (C=O) groups excluding carboxylic acids is 1. The standard InChI is InChI=1S/C12H18N2O2/c1-3-8-16-10(2)12(15)14-6-4-11(9-13)5-7-14/h3,10-11H,1,4-8H2,2H3. The first kappa shape index (κ1) is 12.7. The van der Waals surface area contributed by atoms with Crippen LogP contribution in [0.3, 0.4) is 0 Å². The minimum Gasteiger partial charge on any atom is -0.365 e. The van der Waals surface area contributed by atoms with Crippen molar-refractivity contribution < 1.29 is 9.53 Å². The van der Waals surface area contributed by atoms with Crippen molar-refractivity contribution in [3.63, 3.8) is 0 Å². The lowest BCUT2D eigenvalue weighted by Gasteiger charge is -2.31. The van der Waals surface area contributed by atoms with Gasteiger partial charge in [0.05, 0.1) is 12.7 Å². The molecular formula is C12H18N2O2. The van der Waals surface area contributed by atoms with E-state index in [0.717, 1.165) is 12.8 Å². The van der Waals surface area contributed by atoms with Crippen molar-refractivity contribution in [2.24, 2.45) is 5.92 Å². The molecule has 4 heteroatoms. The Kier molecular flexibility index (Phi) is 5.00. The monoisotopic (exact) mass is 222 g/mol. The second kappa shape index (κ2) is 6.29. The van der Waals surface area contributed by atoms with E-state index in [2.05, 4.69) is 12.6 Å². The minimum absolute atomic E-state index is 0.0123. The van der Waals surface area contributed by atoms with E-state index in [0.29, 0.717) is 19.7 Å². The van der Waals surface area contributed by atoms with Crippen LogP contribution >= 0.6 is 0 Å². The predicted octanol–water partition coefficient (Wildman–Crippen LogP) is 1.34. The highest BCUT2D eigenvalue weighted by molar-refractivity contribution is 5.80. The van der Waals surface area contributed by atoms with Gasteiger partial charge >= 0.3 is 0 Å². The molecule has 0 saturated carbocycles. The Morgan fingerprint density at radius 2 is 2.31 bits per heavy atom. The van der Waals surface area contributed by atoms with E-state index in [1.807, 2.05) is 0 Å². The summed E-state index contributed by atoms with van der Waals surface area (Å²) in [7, 11) is 0.